The zero-order chi connectivity index (χ0) is 16.9. The summed E-state index contributed by atoms with van der Waals surface area (Å²) in [6, 6.07) is 10.8. The average Bonchev–Trinajstić information content (AvgIpc) is 3.06. The summed E-state index contributed by atoms with van der Waals surface area (Å²) in [5.74, 6) is 1.69. The first kappa shape index (κ1) is 16.5. The van der Waals surface area contributed by atoms with E-state index in [0.29, 0.717) is 22.8 Å². The molecule has 1 aliphatic heterocycles. The van der Waals surface area contributed by atoms with E-state index >= 15 is 0 Å². The van der Waals surface area contributed by atoms with E-state index in [-0.39, 0.29) is 19.4 Å². The van der Waals surface area contributed by atoms with Gasteiger partial charge in [0.2, 0.25) is 6.79 Å². The molecule has 0 saturated carbocycles. The van der Waals surface area contributed by atoms with Gasteiger partial charge in [-0.1, -0.05) is 28.1 Å². The fraction of sp³-hybridized carbons (Fsp3) is 0.167. The summed E-state index contributed by atoms with van der Waals surface area (Å²) in [5.41, 5.74) is 1.31. The molecule has 124 valence electrons. The molecule has 3 rings (SSSR count). The number of methoxy groups -OCH3 is 1. The van der Waals surface area contributed by atoms with Gasteiger partial charge in [-0.2, -0.15) is 0 Å². The Kier molecular flexibility index (Phi) is 5.17. The molecule has 0 unspecified atom stereocenters. The van der Waals surface area contributed by atoms with Gasteiger partial charge in [-0.05, 0) is 42.0 Å². The number of ether oxygens (including phenoxy) is 4. The monoisotopic (exact) mass is 390 g/mol. The van der Waals surface area contributed by atoms with Crippen molar-refractivity contribution in [2.45, 2.75) is 0 Å². The van der Waals surface area contributed by atoms with Crippen LogP contribution in [0.25, 0.3) is 6.08 Å². The van der Waals surface area contributed by atoms with Gasteiger partial charge in [0.25, 0.3) is 0 Å². The zero-order valence-corrected chi connectivity index (χ0v) is 14.5. The van der Waals surface area contributed by atoms with E-state index < -0.39 is 0 Å². The van der Waals surface area contributed by atoms with E-state index in [1.807, 2.05) is 24.3 Å². The maximum atomic E-state index is 12.5. The number of ketones is 1. The van der Waals surface area contributed by atoms with Gasteiger partial charge in [0.1, 0.15) is 5.75 Å². The zero-order valence-electron chi connectivity index (χ0n) is 13.0. The third-order valence-electron chi connectivity index (χ3n) is 3.36. The topological polar surface area (TPSA) is 54.0 Å². The molecule has 2 aromatic rings. The lowest BCUT2D eigenvalue weighted by Gasteiger charge is -2.09. The van der Waals surface area contributed by atoms with Crippen LogP contribution in [0.3, 0.4) is 0 Å². The first-order valence-electron chi connectivity index (χ1n) is 7.21. The summed E-state index contributed by atoms with van der Waals surface area (Å²) in [6.07, 6.45) is 3.23. The highest BCUT2D eigenvalue weighted by Gasteiger charge is 2.13. The second-order valence-corrected chi connectivity index (χ2v) is 5.92. The minimum atomic E-state index is -0.167. The minimum Gasteiger partial charge on any atom is -0.467 e. The van der Waals surface area contributed by atoms with Gasteiger partial charge >= 0.3 is 0 Å². The van der Waals surface area contributed by atoms with Crippen LogP contribution in [0.1, 0.15) is 15.9 Å². The second-order valence-electron chi connectivity index (χ2n) is 5.00. The molecule has 6 heteroatoms. The number of hydrogen-bond donors (Lipinski definition) is 0. The van der Waals surface area contributed by atoms with Crippen LogP contribution in [0.15, 0.2) is 46.9 Å². The Balaban J connectivity index is 1.80. The van der Waals surface area contributed by atoms with Crippen molar-refractivity contribution in [1.29, 1.82) is 0 Å². The normalized spacial score (nSPS) is 12.6. The van der Waals surface area contributed by atoms with Crippen LogP contribution in [0.4, 0.5) is 0 Å². The molecule has 0 bridgehead atoms. The highest BCUT2D eigenvalue weighted by atomic mass is 79.9. The first-order valence-corrected chi connectivity index (χ1v) is 8.00. The van der Waals surface area contributed by atoms with E-state index in [1.165, 1.54) is 13.2 Å². The average molecular weight is 391 g/mol. The largest absolute Gasteiger partial charge is 0.467 e. The Morgan fingerprint density at radius 1 is 1.21 bits per heavy atom. The van der Waals surface area contributed by atoms with E-state index in [9.17, 15) is 4.79 Å². The molecule has 0 amide bonds. The number of fused-ring (bicyclic) bond motifs is 1. The Morgan fingerprint density at radius 2 is 2.04 bits per heavy atom. The summed E-state index contributed by atoms with van der Waals surface area (Å²) in [6.45, 7) is 0.299. The maximum absolute atomic E-state index is 12.5. The van der Waals surface area contributed by atoms with Gasteiger partial charge < -0.3 is 18.9 Å². The Morgan fingerprint density at radius 3 is 2.88 bits per heavy atom. The van der Waals surface area contributed by atoms with Gasteiger partial charge in [0, 0.05) is 11.6 Å². The summed E-state index contributed by atoms with van der Waals surface area (Å²) < 4.78 is 21.7. The molecule has 0 saturated heterocycles. The minimum absolute atomic E-state index is 0.0772. The molecule has 0 fully saturated rings. The van der Waals surface area contributed by atoms with Crippen molar-refractivity contribution < 1.29 is 23.7 Å². The fourth-order valence-electron chi connectivity index (χ4n) is 2.22. The molecule has 0 radical (unpaired) electrons. The van der Waals surface area contributed by atoms with Crippen molar-refractivity contribution in [1.82, 2.24) is 0 Å². The summed E-state index contributed by atoms with van der Waals surface area (Å²) in [5, 5.41) is 0. The molecule has 1 heterocycles. The molecular weight excluding hydrogens is 376 g/mol. The predicted octanol–water partition coefficient (Wildman–Crippen LogP) is 4.06. The number of allylic oxidation sites excluding steroid dienone is 1. The third kappa shape index (κ3) is 3.77. The lowest BCUT2D eigenvalue weighted by molar-refractivity contribution is 0.0503. The molecule has 0 aromatic heterocycles. The van der Waals surface area contributed by atoms with Gasteiger partial charge in [0.15, 0.2) is 24.1 Å². The SMILES string of the molecule is COCOc1ccc(Br)cc1C(=O)C=Cc1ccc2c(c1)OCO2. The van der Waals surface area contributed by atoms with Crippen LogP contribution in [0.5, 0.6) is 17.2 Å². The Bertz CT molecular complexity index is 785. The van der Waals surface area contributed by atoms with Crippen LogP contribution in [0.2, 0.25) is 0 Å². The summed E-state index contributed by atoms with van der Waals surface area (Å²) >= 11 is 3.37. The molecule has 2 aromatic carbocycles. The van der Waals surface area contributed by atoms with Gasteiger partial charge in [-0.15, -0.1) is 0 Å². The molecule has 24 heavy (non-hydrogen) atoms. The quantitative estimate of drug-likeness (QED) is 0.422. The van der Waals surface area contributed by atoms with Crippen molar-refractivity contribution in [2.24, 2.45) is 0 Å². The van der Waals surface area contributed by atoms with E-state index in [2.05, 4.69) is 15.9 Å². The van der Waals surface area contributed by atoms with Crippen molar-refractivity contribution >= 4 is 27.8 Å². The van der Waals surface area contributed by atoms with Crippen LogP contribution in [0, 0.1) is 0 Å². The number of rotatable bonds is 6. The third-order valence-corrected chi connectivity index (χ3v) is 3.86. The van der Waals surface area contributed by atoms with E-state index in [0.717, 1.165) is 10.0 Å². The maximum Gasteiger partial charge on any atom is 0.231 e. The molecule has 0 aliphatic carbocycles. The number of benzene rings is 2. The van der Waals surface area contributed by atoms with E-state index in [4.69, 9.17) is 18.9 Å². The van der Waals surface area contributed by atoms with E-state index in [1.54, 1.807) is 18.2 Å². The van der Waals surface area contributed by atoms with Crippen molar-refractivity contribution in [2.75, 3.05) is 20.7 Å². The predicted molar refractivity (Wildman–Crippen MR) is 92.6 cm³/mol. The van der Waals surface area contributed by atoms with Crippen molar-refractivity contribution in [3.05, 3.63) is 58.1 Å². The highest BCUT2D eigenvalue weighted by Crippen LogP contribution is 2.33. The highest BCUT2D eigenvalue weighted by molar-refractivity contribution is 9.10. The standard InChI is InChI=1S/C18H15BrO5/c1-21-10-22-16-7-4-13(19)9-14(16)15(20)5-2-12-3-6-17-18(8-12)24-11-23-17/h2-9H,10-11H2,1H3. The second kappa shape index (κ2) is 7.51. The molecule has 0 atom stereocenters. The smallest absolute Gasteiger partial charge is 0.231 e. The number of carbonyl (C=O) groups is 1. The molecule has 1 aliphatic rings. The summed E-state index contributed by atoms with van der Waals surface area (Å²) in [7, 11) is 1.53. The summed E-state index contributed by atoms with van der Waals surface area (Å²) in [4.78, 5) is 12.5. The number of carbonyl (C=O) groups excluding carboxylic acids is 1. The van der Waals surface area contributed by atoms with Crippen molar-refractivity contribution in [3.63, 3.8) is 0 Å². The molecule has 0 spiro atoms. The van der Waals surface area contributed by atoms with Gasteiger partial charge in [-0.25, -0.2) is 0 Å². The van der Waals surface area contributed by atoms with Crippen LogP contribution in [-0.2, 0) is 4.74 Å². The molecule has 0 N–H and O–H groups in total. The fourth-order valence-corrected chi connectivity index (χ4v) is 2.58. The molecule has 5 nitrogen and oxygen atoms in total. The van der Waals surface area contributed by atoms with Crippen molar-refractivity contribution in [3.8, 4) is 17.2 Å². The number of hydrogen-bond acceptors (Lipinski definition) is 5. The van der Waals surface area contributed by atoms with Crippen LogP contribution in [-0.4, -0.2) is 26.5 Å². The lowest BCUT2D eigenvalue weighted by Crippen LogP contribution is -2.04. The van der Waals surface area contributed by atoms with Gasteiger partial charge in [-0.3, -0.25) is 4.79 Å². The Hall–Kier alpha value is -2.31. The number of halogens is 1. The first-order chi connectivity index (χ1) is 11.7. The Labute approximate surface area is 147 Å². The lowest BCUT2D eigenvalue weighted by atomic mass is 10.1. The van der Waals surface area contributed by atoms with Crippen LogP contribution < -0.4 is 14.2 Å². The van der Waals surface area contributed by atoms with Gasteiger partial charge in [0.05, 0.1) is 5.56 Å². The van der Waals surface area contributed by atoms with Crippen LogP contribution >= 0.6 is 15.9 Å². The molecular formula is C18H15BrO5.